The van der Waals surface area contributed by atoms with Crippen molar-refractivity contribution >= 4 is 5.91 Å². The van der Waals surface area contributed by atoms with Crippen LogP contribution in [0.15, 0.2) is 23.1 Å². The van der Waals surface area contributed by atoms with E-state index >= 15 is 0 Å². The molecule has 0 spiro atoms. The molecule has 1 saturated carbocycles. The summed E-state index contributed by atoms with van der Waals surface area (Å²) in [4.78, 5) is 25.5. The highest BCUT2D eigenvalue weighted by atomic mass is 16.2. The Morgan fingerprint density at radius 3 is 3.05 bits per heavy atom. The molecule has 0 saturated heterocycles. The Balaban J connectivity index is 1.76. The molecule has 104 valence electrons. The molecule has 1 amide bonds. The maximum Gasteiger partial charge on any atom is 0.251 e. The maximum absolute atomic E-state index is 11.8. The lowest BCUT2D eigenvalue weighted by molar-refractivity contribution is 0.0949. The van der Waals surface area contributed by atoms with E-state index in [4.69, 9.17) is 0 Å². The van der Waals surface area contributed by atoms with E-state index in [0.29, 0.717) is 12.1 Å². The van der Waals surface area contributed by atoms with E-state index < -0.39 is 0 Å². The number of nitrogens with one attached hydrogen (secondary N) is 2. The second-order valence-electron chi connectivity index (χ2n) is 5.62. The molecule has 2 unspecified atom stereocenters. The lowest BCUT2D eigenvalue weighted by Crippen LogP contribution is -2.28. The van der Waals surface area contributed by atoms with Gasteiger partial charge in [-0.05, 0) is 30.7 Å². The highest BCUT2D eigenvalue weighted by Crippen LogP contribution is 2.30. The van der Waals surface area contributed by atoms with Crippen molar-refractivity contribution in [3.63, 3.8) is 0 Å². The number of hydrogen-bond acceptors (Lipinski definition) is 2. The minimum Gasteiger partial charge on any atom is -0.352 e. The second kappa shape index (κ2) is 6.55. The van der Waals surface area contributed by atoms with Gasteiger partial charge in [0.15, 0.2) is 0 Å². The zero-order chi connectivity index (χ0) is 13.7. The Hall–Kier alpha value is -1.58. The molecule has 1 aromatic rings. The largest absolute Gasteiger partial charge is 0.352 e. The van der Waals surface area contributed by atoms with E-state index in [2.05, 4.69) is 17.2 Å². The molecular weight excluding hydrogens is 240 g/mol. The van der Waals surface area contributed by atoms with E-state index in [-0.39, 0.29) is 11.5 Å². The van der Waals surface area contributed by atoms with Gasteiger partial charge in [-0.3, -0.25) is 9.59 Å². The lowest BCUT2D eigenvalue weighted by atomic mass is 9.81. The van der Waals surface area contributed by atoms with E-state index in [1.807, 2.05) is 0 Å². The Labute approximate surface area is 113 Å². The van der Waals surface area contributed by atoms with Gasteiger partial charge in [0, 0.05) is 24.4 Å². The van der Waals surface area contributed by atoms with Crippen molar-refractivity contribution in [2.45, 2.75) is 39.0 Å². The molecule has 1 fully saturated rings. The normalized spacial score (nSPS) is 23.0. The third kappa shape index (κ3) is 4.23. The van der Waals surface area contributed by atoms with Crippen LogP contribution in [0.2, 0.25) is 0 Å². The summed E-state index contributed by atoms with van der Waals surface area (Å²) in [5.74, 6) is 1.40. The third-order valence-electron chi connectivity index (χ3n) is 3.92. The predicted molar refractivity (Wildman–Crippen MR) is 75.1 cm³/mol. The molecule has 0 aliphatic heterocycles. The zero-order valence-corrected chi connectivity index (χ0v) is 11.4. The molecule has 1 aliphatic carbocycles. The van der Waals surface area contributed by atoms with Crippen LogP contribution in [0.25, 0.3) is 0 Å². The monoisotopic (exact) mass is 262 g/mol. The van der Waals surface area contributed by atoms with Crippen LogP contribution in [-0.2, 0) is 0 Å². The summed E-state index contributed by atoms with van der Waals surface area (Å²) in [6, 6.07) is 2.96. The van der Waals surface area contributed by atoms with Gasteiger partial charge in [0.25, 0.3) is 5.91 Å². The minimum atomic E-state index is -0.242. The van der Waals surface area contributed by atoms with Gasteiger partial charge in [-0.2, -0.15) is 0 Å². The third-order valence-corrected chi connectivity index (χ3v) is 3.92. The number of hydrogen-bond donors (Lipinski definition) is 2. The SMILES string of the molecule is CC1CCCC(CCNC(=O)c2cc[nH]c(=O)c2)C1. The molecule has 1 heterocycles. The van der Waals surface area contributed by atoms with Crippen molar-refractivity contribution < 1.29 is 4.79 Å². The van der Waals surface area contributed by atoms with E-state index in [1.54, 1.807) is 6.07 Å². The van der Waals surface area contributed by atoms with E-state index in [1.165, 1.54) is 37.9 Å². The van der Waals surface area contributed by atoms with Gasteiger partial charge in [0.05, 0.1) is 0 Å². The fourth-order valence-electron chi connectivity index (χ4n) is 2.90. The molecule has 1 aromatic heterocycles. The molecule has 4 nitrogen and oxygen atoms in total. The molecule has 1 aliphatic rings. The summed E-state index contributed by atoms with van der Waals surface area (Å²) in [6.07, 6.45) is 7.76. The molecule has 19 heavy (non-hydrogen) atoms. The Morgan fingerprint density at radius 1 is 1.47 bits per heavy atom. The number of pyridine rings is 1. The number of H-pyrrole nitrogens is 1. The van der Waals surface area contributed by atoms with Crippen LogP contribution in [0.4, 0.5) is 0 Å². The summed E-state index contributed by atoms with van der Waals surface area (Å²) < 4.78 is 0. The lowest BCUT2D eigenvalue weighted by Gasteiger charge is -2.26. The van der Waals surface area contributed by atoms with Gasteiger partial charge >= 0.3 is 0 Å². The van der Waals surface area contributed by atoms with Crippen LogP contribution in [0.5, 0.6) is 0 Å². The number of aromatic amines is 1. The summed E-state index contributed by atoms with van der Waals surface area (Å²) in [5, 5.41) is 2.90. The number of amides is 1. The maximum atomic E-state index is 11.8. The number of aromatic nitrogens is 1. The first-order valence-electron chi connectivity index (χ1n) is 7.12. The van der Waals surface area contributed by atoms with Crippen LogP contribution in [0.1, 0.15) is 49.4 Å². The van der Waals surface area contributed by atoms with Crippen molar-refractivity contribution in [3.05, 3.63) is 34.2 Å². The zero-order valence-electron chi connectivity index (χ0n) is 11.4. The van der Waals surface area contributed by atoms with Crippen LogP contribution in [-0.4, -0.2) is 17.4 Å². The number of carbonyl (C=O) groups excluding carboxylic acids is 1. The molecule has 4 heteroatoms. The Kier molecular flexibility index (Phi) is 4.77. The van der Waals surface area contributed by atoms with Gasteiger partial charge in [0.2, 0.25) is 5.56 Å². The highest BCUT2D eigenvalue weighted by molar-refractivity contribution is 5.93. The van der Waals surface area contributed by atoms with Crippen LogP contribution in [0.3, 0.4) is 0 Å². The quantitative estimate of drug-likeness (QED) is 0.874. The van der Waals surface area contributed by atoms with Crippen molar-refractivity contribution in [2.24, 2.45) is 11.8 Å². The first kappa shape index (κ1) is 13.8. The summed E-state index contributed by atoms with van der Waals surface area (Å²) >= 11 is 0. The molecule has 2 rings (SSSR count). The average Bonchev–Trinajstić information content (AvgIpc) is 2.38. The first-order valence-corrected chi connectivity index (χ1v) is 7.12. The van der Waals surface area contributed by atoms with Gasteiger partial charge in [0.1, 0.15) is 0 Å². The molecule has 2 N–H and O–H groups in total. The van der Waals surface area contributed by atoms with Gasteiger partial charge in [-0.15, -0.1) is 0 Å². The van der Waals surface area contributed by atoms with Gasteiger partial charge in [-0.1, -0.05) is 26.2 Å². The molecule has 0 bridgehead atoms. The smallest absolute Gasteiger partial charge is 0.251 e. The van der Waals surface area contributed by atoms with Crippen molar-refractivity contribution in [3.8, 4) is 0 Å². The minimum absolute atomic E-state index is 0.157. The summed E-state index contributed by atoms with van der Waals surface area (Å²) in [5.41, 5.74) is 0.189. The van der Waals surface area contributed by atoms with Crippen LogP contribution < -0.4 is 10.9 Å². The van der Waals surface area contributed by atoms with E-state index in [9.17, 15) is 9.59 Å². The topological polar surface area (TPSA) is 62.0 Å². The Morgan fingerprint density at radius 2 is 2.32 bits per heavy atom. The van der Waals surface area contributed by atoms with Crippen molar-refractivity contribution in [1.82, 2.24) is 10.3 Å². The molecule has 2 atom stereocenters. The Bertz CT molecular complexity index is 481. The standard InChI is InChI=1S/C15H22N2O2/c1-11-3-2-4-12(9-11)5-7-17-15(19)13-6-8-16-14(18)10-13/h6,8,10-12H,2-5,7,9H2,1H3,(H,16,18)(H,17,19). The fourth-order valence-corrected chi connectivity index (χ4v) is 2.90. The summed E-state index contributed by atoms with van der Waals surface area (Å²) in [7, 11) is 0. The van der Waals surface area contributed by atoms with Gasteiger partial charge in [-0.25, -0.2) is 0 Å². The average molecular weight is 262 g/mol. The molecular formula is C15H22N2O2. The highest BCUT2D eigenvalue weighted by Gasteiger charge is 2.18. The summed E-state index contributed by atoms with van der Waals surface area (Å²) in [6.45, 7) is 3.00. The number of rotatable bonds is 4. The van der Waals surface area contributed by atoms with Crippen LogP contribution in [0, 0.1) is 11.8 Å². The predicted octanol–water partition coefficient (Wildman–Crippen LogP) is 2.32. The van der Waals surface area contributed by atoms with Crippen LogP contribution >= 0.6 is 0 Å². The molecule has 0 radical (unpaired) electrons. The van der Waals surface area contributed by atoms with E-state index in [0.717, 1.165) is 18.3 Å². The fraction of sp³-hybridized carbons (Fsp3) is 0.600. The first-order chi connectivity index (χ1) is 9.15. The molecule has 0 aromatic carbocycles. The number of carbonyl (C=O) groups is 1. The second-order valence-corrected chi connectivity index (χ2v) is 5.62. The van der Waals surface area contributed by atoms with Crippen molar-refractivity contribution in [2.75, 3.05) is 6.54 Å². The van der Waals surface area contributed by atoms with Gasteiger partial charge < -0.3 is 10.3 Å². The van der Waals surface area contributed by atoms with Crippen molar-refractivity contribution in [1.29, 1.82) is 0 Å².